The monoisotopic (exact) mass is 254 g/mol. The van der Waals surface area contributed by atoms with Gasteiger partial charge in [0.15, 0.2) is 5.15 Å². The fourth-order valence-corrected chi connectivity index (χ4v) is 1.95. The van der Waals surface area contributed by atoms with Crippen molar-refractivity contribution in [3.8, 4) is 0 Å². The summed E-state index contributed by atoms with van der Waals surface area (Å²) >= 11 is 5.91. The fraction of sp³-hybridized carbons (Fsp3) is 0.500. The van der Waals surface area contributed by atoms with Crippen LogP contribution in [0.4, 0.5) is 5.69 Å². The molecule has 0 saturated carbocycles. The van der Waals surface area contributed by atoms with Gasteiger partial charge in [0.2, 0.25) is 0 Å². The largest absolute Gasteiger partial charge is 0.368 e. The van der Waals surface area contributed by atoms with Crippen LogP contribution in [-0.4, -0.2) is 23.6 Å². The normalized spacial score (nSPS) is 20.0. The molecule has 1 aromatic heterocycles. The van der Waals surface area contributed by atoms with Gasteiger partial charge in [-0.3, -0.25) is 4.79 Å². The number of rotatable bonds is 2. The molecular formula is C12H15ClN2O2. The van der Waals surface area contributed by atoms with Crippen LogP contribution >= 0.6 is 11.6 Å². The zero-order valence-corrected chi connectivity index (χ0v) is 10.5. The van der Waals surface area contributed by atoms with Crippen molar-refractivity contribution >= 4 is 23.2 Å². The second kappa shape index (κ2) is 5.47. The summed E-state index contributed by atoms with van der Waals surface area (Å²) in [6, 6.07) is 1.80. The number of anilines is 1. The Morgan fingerprint density at radius 3 is 3.12 bits per heavy atom. The Bertz CT molecular complexity index is 417. The van der Waals surface area contributed by atoms with Crippen molar-refractivity contribution in [2.24, 2.45) is 0 Å². The van der Waals surface area contributed by atoms with Crippen LogP contribution in [0.15, 0.2) is 12.3 Å². The maximum absolute atomic E-state index is 11.9. The summed E-state index contributed by atoms with van der Waals surface area (Å²) in [7, 11) is 0. The van der Waals surface area contributed by atoms with E-state index in [9.17, 15) is 4.79 Å². The van der Waals surface area contributed by atoms with E-state index < -0.39 is 0 Å². The minimum atomic E-state index is -0.361. The summed E-state index contributed by atoms with van der Waals surface area (Å²) in [4.78, 5) is 15.9. The first kappa shape index (κ1) is 12.3. The minimum absolute atomic E-state index is 0.140. The van der Waals surface area contributed by atoms with E-state index in [0.29, 0.717) is 17.4 Å². The molecule has 1 aliphatic heterocycles. The number of ether oxygens (including phenoxy) is 1. The van der Waals surface area contributed by atoms with Gasteiger partial charge in [0.25, 0.3) is 5.91 Å². The van der Waals surface area contributed by atoms with E-state index in [-0.39, 0.29) is 12.0 Å². The number of carbonyl (C=O) groups is 1. The Hall–Kier alpha value is -1.13. The maximum Gasteiger partial charge on any atom is 0.253 e. The Morgan fingerprint density at radius 1 is 1.59 bits per heavy atom. The molecule has 1 fully saturated rings. The lowest BCUT2D eigenvalue weighted by Gasteiger charge is -2.21. The zero-order chi connectivity index (χ0) is 12.3. The average molecular weight is 255 g/mol. The first-order valence-electron chi connectivity index (χ1n) is 5.71. The van der Waals surface area contributed by atoms with Gasteiger partial charge < -0.3 is 10.1 Å². The van der Waals surface area contributed by atoms with E-state index in [1.54, 1.807) is 12.3 Å². The molecule has 4 nitrogen and oxygen atoms in total. The number of nitrogens with one attached hydrogen (secondary N) is 1. The summed E-state index contributed by atoms with van der Waals surface area (Å²) < 4.78 is 5.41. The van der Waals surface area contributed by atoms with Crippen LogP contribution in [0, 0.1) is 6.92 Å². The number of aryl methyl sites for hydroxylation is 1. The van der Waals surface area contributed by atoms with Gasteiger partial charge in [-0.2, -0.15) is 0 Å². The Kier molecular flexibility index (Phi) is 3.97. The van der Waals surface area contributed by atoms with Crippen molar-refractivity contribution in [1.29, 1.82) is 0 Å². The third-order valence-corrected chi connectivity index (χ3v) is 3.01. The van der Waals surface area contributed by atoms with Gasteiger partial charge in [0, 0.05) is 12.8 Å². The number of hydrogen-bond donors (Lipinski definition) is 1. The van der Waals surface area contributed by atoms with Crippen LogP contribution in [0.1, 0.15) is 24.8 Å². The van der Waals surface area contributed by atoms with E-state index in [2.05, 4.69) is 10.3 Å². The summed E-state index contributed by atoms with van der Waals surface area (Å²) in [6.07, 6.45) is 4.12. The van der Waals surface area contributed by atoms with Crippen molar-refractivity contribution < 1.29 is 9.53 Å². The molecule has 0 radical (unpaired) electrons. The van der Waals surface area contributed by atoms with E-state index in [1.165, 1.54) is 0 Å². The van der Waals surface area contributed by atoms with Crippen LogP contribution in [0.2, 0.25) is 5.15 Å². The van der Waals surface area contributed by atoms with Crippen molar-refractivity contribution in [3.63, 3.8) is 0 Å². The molecule has 5 heteroatoms. The molecule has 1 atom stereocenters. The number of aromatic nitrogens is 1. The SMILES string of the molecule is Cc1cnc(Cl)c(NC(=O)C2CCCCO2)c1. The number of nitrogens with zero attached hydrogens (tertiary/aromatic N) is 1. The van der Waals surface area contributed by atoms with Crippen molar-refractivity contribution in [2.45, 2.75) is 32.3 Å². The first-order chi connectivity index (χ1) is 8.16. The standard InChI is InChI=1S/C12H15ClN2O2/c1-8-6-9(11(13)14-7-8)15-12(16)10-4-2-3-5-17-10/h6-7,10H,2-5H2,1H3,(H,15,16). The molecule has 0 bridgehead atoms. The average Bonchev–Trinajstić information content (AvgIpc) is 2.35. The molecule has 0 aromatic carbocycles. The highest BCUT2D eigenvalue weighted by molar-refractivity contribution is 6.32. The van der Waals surface area contributed by atoms with E-state index in [0.717, 1.165) is 24.8 Å². The quantitative estimate of drug-likeness (QED) is 0.826. The van der Waals surface area contributed by atoms with Gasteiger partial charge in [-0.15, -0.1) is 0 Å². The van der Waals surface area contributed by atoms with E-state index in [4.69, 9.17) is 16.3 Å². The molecule has 1 aromatic rings. The lowest BCUT2D eigenvalue weighted by Crippen LogP contribution is -2.33. The van der Waals surface area contributed by atoms with Gasteiger partial charge in [0.05, 0.1) is 5.69 Å². The van der Waals surface area contributed by atoms with Crippen LogP contribution in [-0.2, 0) is 9.53 Å². The van der Waals surface area contributed by atoms with Gasteiger partial charge in [-0.05, 0) is 37.8 Å². The summed E-state index contributed by atoms with van der Waals surface area (Å²) in [6.45, 7) is 2.55. The van der Waals surface area contributed by atoms with Crippen molar-refractivity contribution in [3.05, 3.63) is 23.0 Å². The van der Waals surface area contributed by atoms with Crippen molar-refractivity contribution in [2.75, 3.05) is 11.9 Å². The maximum atomic E-state index is 11.9. The Labute approximate surface area is 105 Å². The fourth-order valence-electron chi connectivity index (χ4n) is 1.80. The minimum Gasteiger partial charge on any atom is -0.368 e. The molecule has 1 N–H and O–H groups in total. The summed E-state index contributed by atoms with van der Waals surface area (Å²) in [5, 5.41) is 3.07. The highest BCUT2D eigenvalue weighted by atomic mass is 35.5. The molecule has 2 heterocycles. The molecule has 0 aliphatic carbocycles. The summed E-state index contributed by atoms with van der Waals surface area (Å²) in [5.41, 5.74) is 1.50. The Morgan fingerprint density at radius 2 is 2.41 bits per heavy atom. The molecule has 1 aliphatic rings. The number of carbonyl (C=O) groups excluding carboxylic acids is 1. The molecule has 92 valence electrons. The first-order valence-corrected chi connectivity index (χ1v) is 6.09. The van der Waals surface area contributed by atoms with Crippen LogP contribution in [0.25, 0.3) is 0 Å². The lowest BCUT2D eigenvalue weighted by atomic mass is 10.1. The number of halogens is 1. The van der Waals surface area contributed by atoms with Gasteiger partial charge in [-0.25, -0.2) is 4.98 Å². The topological polar surface area (TPSA) is 51.2 Å². The van der Waals surface area contributed by atoms with Gasteiger partial charge in [-0.1, -0.05) is 11.6 Å². The molecular weight excluding hydrogens is 240 g/mol. The van der Waals surface area contributed by atoms with Gasteiger partial charge >= 0.3 is 0 Å². The zero-order valence-electron chi connectivity index (χ0n) is 9.70. The van der Waals surface area contributed by atoms with Crippen LogP contribution in [0.3, 0.4) is 0 Å². The molecule has 1 saturated heterocycles. The molecule has 17 heavy (non-hydrogen) atoms. The van der Waals surface area contributed by atoms with Crippen molar-refractivity contribution in [1.82, 2.24) is 4.98 Å². The third-order valence-electron chi connectivity index (χ3n) is 2.71. The van der Waals surface area contributed by atoms with E-state index in [1.807, 2.05) is 6.92 Å². The lowest BCUT2D eigenvalue weighted by molar-refractivity contribution is -0.129. The molecule has 0 spiro atoms. The smallest absolute Gasteiger partial charge is 0.253 e. The predicted molar refractivity (Wildman–Crippen MR) is 66.2 cm³/mol. The van der Waals surface area contributed by atoms with E-state index >= 15 is 0 Å². The highest BCUT2D eigenvalue weighted by Crippen LogP contribution is 2.21. The summed E-state index contributed by atoms with van der Waals surface area (Å²) in [5.74, 6) is -0.140. The van der Waals surface area contributed by atoms with Gasteiger partial charge in [0.1, 0.15) is 6.10 Å². The molecule has 1 unspecified atom stereocenters. The Balaban J connectivity index is 2.04. The second-order valence-electron chi connectivity index (χ2n) is 4.20. The number of amides is 1. The molecule has 1 amide bonds. The van der Waals surface area contributed by atoms with Crippen LogP contribution in [0.5, 0.6) is 0 Å². The third kappa shape index (κ3) is 3.17. The number of pyridine rings is 1. The molecule has 2 rings (SSSR count). The number of hydrogen-bond acceptors (Lipinski definition) is 3. The predicted octanol–water partition coefficient (Wildman–Crippen LogP) is 2.55. The highest BCUT2D eigenvalue weighted by Gasteiger charge is 2.22. The second-order valence-corrected chi connectivity index (χ2v) is 4.55. The van der Waals surface area contributed by atoms with Crippen LogP contribution < -0.4 is 5.32 Å².